The smallest absolute Gasteiger partial charge is 0.151 e. The molecule has 0 fully saturated rings. The van der Waals surface area contributed by atoms with E-state index in [1.807, 2.05) is 42.5 Å². The van der Waals surface area contributed by atoms with Crippen molar-refractivity contribution in [3.8, 4) is 11.8 Å². The van der Waals surface area contributed by atoms with Crippen LogP contribution in [-0.4, -0.2) is 7.11 Å². The van der Waals surface area contributed by atoms with E-state index >= 15 is 0 Å². The van der Waals surface area contributed by atoms with Gasteiger partial charge in [0.2, 0.25) is 0 Å². The maximum atomic E-state index is 9.73. The van der Waals surface area contributed by atoms with E-state index in [1.54, 1.807) is 7.11 Å². The van der Waals surface area contributed by atoms with Crippen molar-refractivity contribution in [3.63, 3.8) is 0 Å². The lowest BCUT2D eigenvalue weighted by molar-refractivity contribution is 0.415. The molecule has 1 unspecified atom stereocenters. The third-order valence-corrected chi connectivity index (χ3v) is 3.89. The Bertz CT molecular complexity index is 675. The fourth-order valence-corrected chi connectivity index (χ4v) is 2.86. The number of aryl methyl sites for hydroxylation is 1. The molecule has 0 aromatic heterocycles. The molecule has 0 spiro atoms. The summed E-state index contributed by atoms with van der Waals surface area (Å²) >= 11 is 0. The number of nitriles is 1. The maximum absolute atomic E-state index is 9.73. The van der Waals surface area contributed by atoms with Gasteiger partial charge >= 0.3 is 0 Å². The highest BCUT2D eigenvalue weighted by Crippen LogP contribution is 2.40. The molecular weight excluding hydrogens is 248 g/mol. The molecule has 0 saturated heterocycles. The summed E-state index contributed by atoms with van der Waals surface area (Å²) in [6, 6.07) is 18.3. The molecule has 3 rings (SSSR count). The van der Waals surface area contributed by atoms with E-state index in [-0.39, 0.29) is 0 Å². The number of anilines is 1. The van der Waals surface area contributed by atoms with Gasteiger partial charge in [0.15, 0.2) is 5.54 Å². The molecule has 2 aromatic rings. The van der Waals surface area contributed by atoms with Gasteiger partial charge in [0.1, 0.15) is 5.75 Å². The van der Waals surface area contributed by atoms with Gasteiger partial charge in [-0.3, -0.25) is 0 Å². The largest absolute Gasteiger partial charge is 0.495 e. The molecule has 0 radical (unpaired) electrons. The van der Waals surface area contributed by atoms with Gasteiger partial charge < -0.3 is 10.1 Å². The monoisotopic (exact) mass is 264 g/mol. The SMILES string of the molecule is COc1ccccc1NC1(C#N)CCc2ccccc21. The summed E-state index contributed by atoms with van der Waals surface area (Å²) in [5, 5.41) is 13.1. The van der Waals surface area contributed by atoms with Crippen LogP contribution in [-0.2, 0) is 12.0 Å². The lowest BCUT2D eigenvalue weighted by Gasteiger charge is -2.26. The van der Waals surface area contributed by atoms with Crippen LogP contribution in [0.4, 0.5) is 5.69 Å². The topological polar surface area (TPSA) is 45.0 Å². The quantitative estimate of drug-likeness (QED) is 0.923. The summed E-state index contributed by atoms with van der Waals surface area (Å²) in [6.07, 6.45) is 1.70. The number of hydrogen-bond donors (Lipinski definition) is 1. The molecule has 100 valence electrons. The lowest BCUT2D eigenvalue weighted by Crippen LogP contribution is -2.31. The Morgan fingerprint density at radius 3 is 2.70 bits per heavy atom. The van der Waals surface area contributed by atoms with Gasteiger partial charge in [-0.05, 0) is 36.1 Å². The molecule has 0 bridgehead atoms. The molecule has 0 heterocycles. The Morgan fingerprint density at radius 1 is 1.15 bits per heavy atom. The van der Waals surface area contributed by atoms with Crippen LogP contribution in [0.3, 0.4) is 0 Å². The molecule has 0 amide bonds. The van der Waals surface area contributed by atoms with Crippen LogP contribution in [0.5, 0.6) is 5.75 Å². The average molecular weight is 264 g/mol. The molecule has 3 nitrogen and oxygen atoms in total. The normalized spacial score (nSPS) is 20.0. The minimum absolute atomic E-state index is 0.661. The summed E-state index contributed by atoms with van der Waals surface area (Å²) in [5.74, 6) is 0.756. The minimum Gasteiger partial charge on any atom is -0.495 e. The van der Waals surface area contributed by atoms with Crippen LogP contribution in [0.2, 0.25) is 0 Å². The summed E-state index contributed by atoms with van der Waals surface area (Å²) in [6.45, 7) is 0. The van der Waals surface area contributed by atoms with Gasteiger partial charge in [0.05, 0.1) is 18.9 Å². The van der Waals surface area contributed by atoms with E-state index in [9.17, 15) is 5.26 Å². The summed E-state index contributed by atoms with van der Waals surface area (Å²) in [5.41, 5.74) is 2.52. The zero-order chi connectivity index (χ0) is 14.0. The van der Waals surface area contributed by atoms with E-state index in [1.165, 1.54) is 5.56 Å². The van der Waals surface area contributed by atoms with Crippen molar-refractivity contribution in [1.82, 2.24) is 0 Å². The van der Waals surface area contributed by atoms with Crippen molar-refractivity contribution >= 4 is 5.69 Å². The third-order valence-electron chi connectivity index (χ3n) is 3.89. The van der Waals surface area contributed by atoms with E-state index < -0.39 is 5.54 Å². The van der Waals surface area contributed by atoms with Crippen LogP contribution < -0.4 is 10.1 Å². The first-order valence-corrected chi connectivity index (χ1v) is 6.70. The van der Waals surface area contributed by atoms with Crippen molar-refractivity contribution in [1.29, 1.82) is 5.26 Å². The predicted octanol–water partition coefficient (Wildman–Crippen LogP) is 3.47. The second-order valence-corrected chi connectivity index (χ2v) is 5.00. The number of methoxy groups -OCH3 is 1. The highest BCUT2D eigenvalue weighted by molar-refractivity contribution is 5.62. The van der Waals surface area contributed by atoms with Crippen molar-refractivity contribution in [2.24, 2.45) is 0 Å². The van der Waals surface area contributed by atoms with Gasteiger partial charge in [-0.1, -0.05) is 36.4 Å². The van der Waals surface area contributed by atoms with Crippen molar-refractivity contribution in [3.05, 3.63) is 59.7 Å². The number of benzene rings is 2. The van der Waals surface area contributed by atoms with Crippen LogP contribution in [0, 0.1) is 11.3 Å². The standard InChI is InChI=1S/C17H16N2O/c1-20-16-9-5-4-8-15(16)19-17(12-18)11-10-13-6-2-3-7-14(13)17/h2-9,19H,10-11H2,1H3. The summed E-state index contributed by atoms with van der Waals surface area (Å²) in [7, 11) is 1.64. The number of fused-ring (bicyclic) bond motifs is 1. The second kappa shape index (κ2) is 4.90. The first kappa shape index (κ1) is 12.6. The Balaban J connectivity index is 2.03. The summed E-state index contributed by atoms with van der Waals surface area (Å²) in [4.78, 5) is 0. The first-order chi connectivity index (χ1) is 9.79. The molecule has 20 heavy (non-hydrogen) atoms. The Hall–Kier alpha value is -2.47. The van der Waals surface area contributed by atoms with Gasteiger partial charge in [-0.2, -0.15) is 5.26 Å². The number of rotatable bonds is 3. The Morgan fingerprint density at radius 2 is 1.90 bits per heavy atom. The van der Waals surface area contributed by atoms with E-state index in [0.29, 0.717) is 0 Å². The fourth-order valence-electron chi connectivity index (χ4n) is 2.86. The van der Waals surface area contributed by atoms with Crippen LogP contribution >= 0.6 is 0 Å². The number of hydrogen-bond acceptors (Lipinski definition) is 3. The summed E-state index contributed by atoms with van der Waals surface area (Å²) < 4.78 is 5.36. The molecule has 0 saturated carbocycles. The molecule has 1 atom stereocenters. The third kappa shape index (κ3) is 1.90. The highest BCUT2D eigenvalue weighted by atomic mass is 16.5. The van der Waals surface area contributed by atoms with Gasteiger partial charge in [-0.25, -0.2) is 0 Å². The predicted molar refractivity (Wildman–Crippen MR) is 78.7 cm³/mol. The van der Waals surface area contributed by atoms with Crippen molar-refractivity contribution < 1.29 is 4.74 Å². The van der Waals surface area contributed by atoms with Crippen LogP contribution in [0.25, 0.3) is 0 Å². The van der Waals surface area contributed by atoms with E-state index in [2.05, 4.69) is 17.5 Å². The number of nitrogens with one attached hydrogen (secondary N) is 1. The number of para-hydroxylation sites is 2. The lowest BCUT2D eigenvalue weighted by atomic mass is 9.93. The highest BCUT2D eigenvalue weighted by Gasteiger charge is 2.39. The Kier molecular flexibility index (Phi) is 3.08. The molecule has 1 N–H and O–H groups in total. The molecule has 0 aliphatic heterocycles. The molecule has 3 heteroatoms. The second-order valence-electron chi connectivity index (χ2n) is 5.00. The van der Waals surface area contributed by atoms with Crippen molar-refractivity contribution in [2.75, 3.05) is 12.4 Å². The minimum atomic E-state index is -0.661. The molecular formula is C17H16N2O. The van der Waals surface area contributed by atoms with E-state index in [0.717, 1.165) is 29.8 Å². The molecule has 2 aromatic carbocycles. The fraction of sp³-hybridized carbons (Fsp3) is 0.235. The van der Waals surface area contributed by atoms with E-state index in [4.69, 9.17) is 4.74 Å². The van der Waals surface area contributed by atoms with Crippen LogP contribution in [0.1, 0.15) is 17.5 Å². The average Bonchev–Trinajstić information content (AvgIpc) is 2.87. The van der Waals surface area contributed by atoms with Gasteiger partial charge in [0.25, 0.3) is 0 Å². The molecule has 1 aliphatic rings. The molecule has 1 aliphatic carbocycles. The number of nitrogens with zero attached hydrogens (tertiary/aromatic N) is 1. The zero-order valence-corrected chi connectivity index (χ0v) is 11.4. The Labute approximate surface area is 118 Å². The maximum Gasteiger partial charge on any atom is 0.151 e. The van der Waals surface area contributed by atoms with Crippen molar-refractivity contribution in [2.45, 2.75) is 18.4 Å². The number of ether oxygens (including phenoxy) is 1. The van der Waals surface area contributed by atoms with Crippen LogP contribution in [0.15, 0.2) is 48.5 Å². The van der Waals surface area contributed by atoms with Gasteiger partial charge in [0, 0.05) is 0 Å². The first-order valence-electron chi connectivity index (χ1n) is 6.70. The zero-order valence-electron chi connectivity index (χ0n) is 11.4. The van der Waals surface area contributed by atoms with Gasteiger partial charge in [-0.15, -0.1) is 0 Å².